The standard InChI is InChI=1S/C52H32N2O/c1-2-11-35(12-3-1)47-32-48(36-20-18-33(19-21-36)39-27-29-50-46(30-39)43-16-8-9-17-49(43)55-50)54-52(53-47)38-24-22-37(23-25-38)51-42-15-7-5-13-40(42)31-45-41-14-6-4-10-34(41)26-28-44(45)51/h1-32H. The number of benzene rings is 9. The van der Waals surface area contributed by atoms with Crippen molar-refractivity contribution in [3.05, 3.63) is 194 Å². The van der Waals surface area contributed by atoms with Crippen molar-refractivity contribution in [3.63, 3.8) is 0 Å². The number of furan rings is 1. The lowest BCUT2D eigenvalue weighted by atomic mass is 9.89. The van der Waals surface area contributed by atoms with Gasteiger partial charge in [-0.2, -0.15) is 0 Å². The zero-order chi connectivity index (χ0) is 36.3. The normalized spacial score (nSPS) is 11.6. The average Bonchev–Trinajstić information content (AvgIpc) is 3.64. The molecule has 0 saturated carbocycles. The lowest BCUT2D eigenvalue weighted by Crippen LogP contribution is -1.96. The van der Waals surface area contributed by atoms with E-state index in [2.05, 4.69) is 176 Å². The number of para-hydroxylation sites is 1. The molecule has 3 nitrogen and oxygen atoms in total. The fourth-order valence-electron chi connectivity index (χ4n) is 8.14. The molecule has 0 fully saturated rings. The van der Waals surface area contributed by atoms with Crippen molar-refractivity contribution in [2.24, 2.45) is 0 Å². The van der Waals surface area contributed by atoms with Crippen LogP contribution in [0.4, 0.5) is 0 Å². The maximum Gasteiger partial charge on any atom is 0.160 e. The van der Waals surface area contributed by atoms with E-state index in [9.17, 15) is 0 Å². The fourth-order valence-corrected chi connectivity index (χ4v) is 8.14. The van der Waals surface area contributed by atoms with Gasteiger partial charge in [0.15, 0.2) is 5.82 Å². The van der Waals surface area contributed by atoms with E-state index >= 15 is 0 Å². The Labute approximate surface area is 317 Å². The van der Waals surface area contributed by atoms with Gasteiger partial charge in [0, 0.05) is 27.5 Å². The van der Waals surface area contributed by atoms with Crippen LogP contribution in [0.5, 0.6) is 0 Å². The smallest absolute Gasteiger partial charge is 0.160 e. The number of hydrogen-bond acceptors (Lipinski definition) is 3. The van der Waals surface area contributed by atoms with Crippen LogP contribution in [-0.4, -0.2) is 9.97 Å². The minimum absolute atomic E-state index is 0.693. The molecule has 11 aromatic rings. The topological polar surface area (TPSA) is 38.9 Å². The monoisotopic (exact) mass is 700 g/mol. The number of hydrogen-bond donors (Lipinski definition) is 0. The lowest BCUT2D eigenvalue weighted by Gasteiger charge is -2.15. The summed E-state index contributed by atoms with van der Waals surface area (Å²) < 4.78 is 6.08. The summed E-state index contributed by atoms with van der Waals surface area (Å²) in [5, 5.41) is 9.75. The maximum atomic E-state index is 6.08. The molecule has 3 heteroatoms. The minimum atomic E-state index is 0.693. The SMILES string of the molecule is c1ccc(-c2cc(-c3ccc(-c4ccc5oc6ccccc6c5c4)cc3)nc(-c3ccc(-c4c5ccccc5cc5c4ccc4ccccc45)cc3)n2)cc1. The highest BCUT2D eigenvalue weighted by Gasteiger charge is 2.15. The van der Waals surface area contributed by atoms with E-state index in [0.29, 0.717) is 5.82 Å². The first-order valence-electron chi connectivity index (χ1n) is 18.6. The highest BCUT2D eigenvalue weighted by molar-refractivity contribution is 6.20. The van der Waals surface area contributed by atoms with Gasteiger partial charge in [-0.3, -0.25) is 0 Å². The van der Waals surface area contributed by atoms with Crippen molar-refractivity contribution in [2.45, 2.75) is 0 Å². The van der Waals surface area contributed by atoms with Crippen molar-refractivity contribution in [2.75, 3.05) is 0 Å². The van der Waals surface area contributed by atoms with Gasteiger partial charge in [0.2, 0.25) is 0 Å². The van der Waals surface area contributed by atoms with Gasteiger partial charge in [0.25, 0.3) is 0 Å². The summed E-state index contributed by atoms with van der Waals surface area (Å²) in [6, 6.07) is 68.7. The largest absolute Gasteiger partial charge is 0.456 e. The summed E-state index contributed by atoms with van der Waals surface area (Å²) in [7, 11) is 0. The van der Waals surface area contributed by atoms with Gasteiger partial charge in [0.05, 0.1) is 11.4 Å². The van der Waals surface area contributed by atoms with Crippen LogP contribution in [0.15, 0.2) is 199 Å². The van der Waals surface area contributed by atoms with E-state index in [4.69, 9.17) is 14.4 Å². The summed E-state index contributed by atoms with van der Waals surface area (Å²) in [4.78, 5) is 10.3. The third kappa shape index (κ3) is 5.36. The predicted molar refractivity (Wildman–Crippen MR) is 229 cm³/mol. The third-order valence-electron chi connectivity index (χ3n) is 10.9. The molecule has 0 N–H and O–H groups in total. The van der Waals surface area contributed by atoms with Crippen molar-refractivity contribution >= 4 is 54.3 Å². The molecule has 0 aliphatic heterocycles. The van der Waals surface area contributed by atoms with Gasteiger partial charge >= 0.3 is 0 Å². The number of nitrogens with zero attached hydrogens (tertiary/aromatic N) is 2. The Balaban J connectivity index is 0.999. The van der Waals surface area contributed by atoms with Crippen LogP contribution in [-0.2, 0) is 0 Å². The van der Waals surface area contributed by atoms with Gasteiger partial charge in [0.1, 0.15) is 11.2 Å². The second-order valence-corrected chi connectivity index (χ2v) is 14.1. The molecule has 0 saturated heterocycles. The van der Waals surface area contributed by atoms with Crippen molar-refractivity contribution < 1.29 is 4.42 Å². The lowest BCUT2D eigenvalue weighted by molar-refractivity contribution is 0.669. The van der Waals surface area contributed by atoms with Crippen LogP contribution >= 0.6 is 0 Å². The van der Waals surface area contributed by atoms with E-state index in [1.54, 1.807) is 0 Å². The molecule has 0 bridgehead atoms. The van der Waals surface area contributed by atoms with Gasteiger partial charge in [-0.1, -0.05) is 164 Å². The molecule has 2 heterocycles. The van der Waals surface area contributed by atoms with E-state index in [-0.39, 0.29) is 0 Å². The fraction of sp³-hybridized carbons (Fsp3) is 0. The van der Waals surface area contributed by atoms with Crippen LogP contribution in [0.2, 0.25) is 0 Å². The molecule has 0 radical (unpaired) electrons. The first-order chi connectivity index (χ1) is 27.2. The summed E-state index contributed by atoms with van der Waals surface area (Å²) in [6.07, 6.45) is 0. The van der Waals surface area contributed by atoms with Gasteiger partial charge in [-0.25, -0.2) is 9.97 Å². The highest BCUT2D eigenvalue weighted by atomic mass is 16.3. The van der Waals surface area contributed by atoms with E-state index in [1.807, 2.05) is 18.2 Å². The molecule has 2 aromatic heterocycles. The second kappa shape index (κ2) is 12.6. The van der Waals surface area contributed by atoms with Gasteiger partial charge in [-0.05, 0) is 84.9 Å². The van der Waals surface area contributed by atoms with Crippen LogP contribution < -0.4 is 0 Å². The third-order valence-corrected chi connectivity index (χ3v) is 10.9. The Bertz CT molecular complexity index is 3230. The van der Waals surface area contributed by atoms with Crippen LogP contribution in [0, 0.1) is 0 Å². The first-order valence-corrected chi connectivity index (χ1v) is 18.6. The van der Waals surface area contributed by atoms with Crippen LogP contribution in [0.25, 0.3) is 110 Å². The number of aromatic nitrogens is 2. The van der Waals surface area contributed by atoms with E-state index in [1.165, 1.54) is 37.9 Å². The summed E-state index contributed by atoms with van der Waals surface area (Å²) >= 11 is 0. The molecule has 0 aliphatic carbocycles. The Hall–Kier alpha value is -7.36. The zero-order valence-electron chi connectivity index (χ0n) is 29.8. The minimum Gasteiger partial charge on any atom is -0.456 e. The first kappa shape index (κ1) is 31.2. The maximum absolute atomic E-state index is 6.08. The average molecular weight is 701 g/mol. The summed E-state index contributed by atoms with van der Waals surface area (Å²) in [6.45, 7) is 0. The van der Waals surface area contributed by atoms with Crippen LogP contribution in [0.3, 0.4) is 0 Å². The van der Waals surface area contributed by atoms with E-state index in [0.717, 1.165) is 66.7 Å². The Morgan fingerprint density at radius 3 is 1.67 bits per heavy atom. The van der Waals surface area contributed by atoms with Gasteiger partial charge in [-0.15, -0.1) is 0 Å². The summed E-state index contributed by atoms with van der Waals surface area (Å²) in [5.41, 5.74) is 11.3. The Kier molecular flexibility index (Phi) is 7.17. The molecule has 55 heavy (non-hydrogen) atoms. The predicted octanol–water partition coefficient (Wildman–Crippen LogP) is 14.2. The van der Waals surface area contributed by atoms with Crippen molar-refractivity contribution in [3.8, 4) is 56.2 Å². The van der Waals surface area contributed by atoms with E-state index < -0.39 is 0 Å². The highest BCUT2D eigenvalue weighted by Crippen LogP contribution is 2.40. The zero-order valence-corrected chi connectivity index (χ0v) is 29.8. The Morgan fingerprint density at radius 1 is 0.291 bits per heavy atom. The molecule has 0 spiro atoms. The van der Waals surface area contributed by atoms with Crippen molar-refractivity contribution in [1.29, 1.82) is 0 Å². The molecule has 256 valence electrons. The quantitative estimate of drug-likeness (QED) is 0.133. The molecule has 9 aromatic carbocycles. The number of rotatable bonds is 5. The molecule has 0 unspecified atom stereocenters. The molecule has 0 amide bonds. The van der Waals surface area contributed by atoms with Crippen molar-refractivity contribution in [1.82, 2.24) is 9.97 Å². The van der Waals surface area contributed by atoms with Crippen LogP contribution in [0.1, 0.15) is 0 Å². The molecule has 0 aliphatic rings. The number of fused-ring (bicyclic) bond motifs is 7. The molecular weight excluding hydrogens is 669 g/mol. The summed E-state index contributed by atoms with van der Waals surface area (Å²) in [5.74, 6) is 0.693. The Morgan fingerprint density at radius 2 is 0.873 bits per heavy atom. The molecule has 11 rings (SSSR count). The molecular formula is C52H32N2O. The van der Waals surface area contributed by atoms with Gasteiger partial charge < -0.3 is 4.42 Å². The second-order valence-electron chi connectivity index (χ2n) is 14.1. The molecule has 0 atom stereocenters.